The lowest BCUT2D eigenvalue weighted by Gasteiger charge is -2.27. The SMILES string of the molecule is CCCC(OC)C(NCC)c1cncc(C)c1. The van der Waals surface area contributed by atoms with E-state index in [9.17, 15) is 0 Å². The van der Waals surface area contributed by atoms with Gasteiger partial charge in [-0.15, -0.1) is 0 Å². The molecule has 2 unspecified atom stereocenters. The van der Waals surface area contributed by atoms with Crippen LogP contribution in [0.5, 0.6) is 0 Å². The summed E-state index contributed by atoms with van der Waals surface area (Å²) in [5.41, 5.74) is 2.41. The Balaban J connectivity index is 2.90. The number of aryl methyl sites for hydroxylation is 1. The molecular formula is C14H24N2O. The highest BCUT2D eigenvalue weighted by molar-refractivity contribution is 5.21. The highest BCUT2D eigenvalue weighted by atomic mass is 16.5. The van der Waals surface area contributed by atoms with E-state index in [1.165, 1.54) is 11.1 Å². The van der Waals surface area contributed by atoms with Crippen molar-refractivity contribution in [2.24, 2.45) is 0 Å². The molecule has 0 saturated heterocycles. The van der Waals surface area contributed by atoms with E-state index < -0.39 is 0 Å². The van der Waals surface area contributed by atoms with Crippen LogP contribution in [0.25, 0.3) is 0 Å². The number of aromatic nitrogens is 1. The third kappa shape index (κ3) is 4.10. The van der Waals surface area contributed by atoms with Gasteiger partial charge in [-0.1, -0.05) is 26.3 Å². The Morgan fingerprint density at radius 1 is 1.35 bits per heavy atom. The maximum Gasteiger partial charge on any atom is 0.0766 e. The average molecular weight is 236 g/mol. The molecule has 0 radical (unpaired) electrons. The molecule has 96 valence electrons. The van der Waals surface area contributed by atoms with Crippen molar-refractivity contribution in [3.8, 4) is 0 Å². The normalized spacial score (nSPS) is 14.6. The van der Waals surface area contributed by atoms with E-state index >= 15 is 0 Å². The molecule has 2 atom stereocenters. The fourth-order valence-electron chi connectivity index (χ4n) is 2.14. The van der Waals surface area contributed by atoms with Crippen molar-refractivity contribution in [3.05, 3.63) is 29.6 Å². The summed E-state index contributed by atoms with van der Waals surface area (Å²) in [4.78, 5) is 4.27. The molecule has 0 saturated carbocycles. The Labute approximate surface area is 105 Å². The average Bonchev–Trinajstić information content (AvgIpc) is 2.33. The number of nitrogens with one attached hydrogen (secondary N) is 1. The number of pyridine rings is 1. The molecule has 3 heteroatoms. The summed E-state index contributed by atoms with van der Waals surface area (Å²) in [6, 6.07) is 2.42. The molecule has 1 N–H and O–H groups in total. The van der Waals surface area contributed by atoms with Crippen LogP contribution in [0.15, 0.2) is 18.5 Å². The lowest BCUT2D eigenvalue weighted by molar-refractivity contribution is 0.0610. The third-order valence-corrected chi connectivity index (χ3v) is 2.93. The first kappa shape index (κ1) is 14.1. The van der Waals surface area contributed by atoms with Gasteiger partial charge in [0.05, 0.1) is 12.1 Å². The minimum Gasteiger partial charge on any atom is -0.379 e. The summed E-state index contributed by atoms with van der Waals surface area (Å²) in [6.45, 7) is 7.31. The van der Waals surface area contributed by atoms with Crippen LogP contribution in [-0.2, 0) is 4.74 Å². The van der Waals surface area contributed by atoms with Crippen molar-refractivity contribution in [2.75, 3.05) is 13.7 Å². The van der Waals surface area contributed by atoms with E-state index in [-0.39, 0.29) is 12.1 Å². The standard InChI is InChI=1S/C14H24N2O/c1-5-7-13(17-4)14(16-6-2)12-8-11(3)9-15-10-12/h8-10,13-14,16H,5-7H2,1-4H3. The Kier molecular flexibility index (Phi) is 6.16. The molecule has 0 aliphatic rings. The Bertz CT molecular complexity index is 328. The van der Waals surface area contributed by atoms with E-state index in [1.54, 1.807) is 7.11 Å². The maximum atomic E-state index is 5.61. The molecule has 0 aliphatic heterocycles. The lowest BCUT2D eigenvalue weighted by atomic mass is 9.98. The van der Waals surface area contributed by atoms with E-state index in [0.29, 0.717) is 0 Å². The molecule has 0 amide bonds. The van der Waals surface area contributed by atoms with Crippen molar-refractivity contribution in [1.29, 1.82) is 0 Å². The van der Waals surface area contributed by atoms with Crippen molar-refractivity contribution >= 4 is 0 Å². The quantitative estimate of drug-likeness (QED) is 0.790. The predicted octanol–water partition coefficient (Wildman–Crippen LogP) is 2.86. The van der Waals surface area contributed by atoms with E-state index in [4.69, 9.17) is 4.74 Å². The fourth-order valence-corrected chi connectivity index (χ4v) is 2.14. The highest BCUT2D eigenvalue weighted by Gasteiger charge is 2.21. The minimum atomic E-state index is 0.212. The number of likely N-dealkylation sites (N-methyl/N-ethyl adjacent to an activating group) is 1. The lowest BCUT2D eigenvalue weighted by Crippen LogP contribution is -2.33. The van der Waals surface area contributed by atoms with Crippen LogP contribution < -0.4 is 5.32 Å². The molecule has 1 rings (SSSR count). The molecule has 1 heterocycles. The van der Waals surface area contributed by atoms with Crippen LogP contribution in [0.3, 0.4) is 0 Å². The van der Waals surface area contributed by atoms with Gasteiger partial charge in [0.1, 0.15) is 0 Å². The summed E-state index contributed by atoms with van der Waals surface area (Å²) in [6.07, 6.45) is 6.21. The Morgan fingerprint density at radius 3 is 2.65 bits per heavy atom. The predicted molar refractivity (Wildman–Crippen MR) is 71.1 cm³/mol. The molecule has 0 aliphatic carbocycles. The number of nitrogens with zero attached hydrogens (tertiary/aromatic N) is 1. The van der Waals surface area contributed by atoms with E-state index in [1.807, 2.05) is 12.4 Å². The first-order valence-electron chi connectivity index (χ1n) is 6.40. The van der Waals surface area contributed by atoms with Gasteiger partial charge in [-0.05, 0) is 31.0 Å². The summed E-state index contributed by atoms with van der Waals surface area (Å²) >= 11 is 0. The monoisotopic (exact) mass is 236 g/mol. The zero-order valence-electron chi connectivity index (χ0n) is 11.4. The van der Waals surface area contributed by atoms with E-state index in [0.717, 1.165) is 19.4 Å². The first-order valence-corrected chi connectivity index (χ1v) is 6.40. The van der Waals surface area contributed by atoms with E-state index in [2.05, 4.69) is 37.1 Å². The number of rotatable bonds is 7. The number of ether oxygens (including phenoxy) is 1. The van der Waals surface area contributed by atoms with Gasteiger partial charge in [0.2, 0.25) is 0 Å². The number of hydrogen-bond acceptors (Lipinski definition) is 3. The topological polar surface area (TPSA) is 34.1 Å². The molecule has 17 heavy (non-hydrogen) atoms. The maximum absolute atomic E-state index is 5.61. The van der Waals surface area contributed by atoms with Gasteiger partial charge in [-0.25, -0.2) is 0 Å². The van der Waals surface area contributed by atoms with Gasteiger partial charge < -0.3 is 10.1 Å². The van der Waals surface area contributed by atoms with Crippen LogP contribution in [-0.4, -0.2) is 24.7 Å². The van der Waals surface area contributed by atoms with Crippen molar-refractivity contribution in [3.63, 3.8) is 0 Å². The second kappa shape index (κ2) is 7.41. The van der Waals surface area contributed by atoms with Crippen molar-refractivity contribution < 1.29 is 4.74 Å². The van der Waals surface area contributed by atoms with Crippen LogP contribution in [0, 0.1) is 6.92 Å². The summed E-state index contributed by atoms with van der Waals surface area (Å²) in [5, 5.41) is 3.50. The van der Waals surface area contributed by atoms with Crippen molar-refractivity contribution in [1.82, 2.24) is 10.3 Å². The summed E-state index contributed by atoms with van der Waals surface area (Å²) in [5.74, 6) is 0. The Morgan fingerprint density at radius 2 is 2.12 bits per heavy atom. The summed E-state index contributed by atoms with van der Waals surface area (Å²) < 4.78 is 5.61. The summed E-state index contributed by atoms with van der Waals surface area (Å²) in [7, 11) is 1.79. The Hall–Kier alpha value is -0.930. The second-order valence-corrected chi connectivity index (χ2v) is 4.39. The van der Waals surface area contributed by atoms with Gasteiger partial charge in [0, 0.05) is 19.5 Å². The number of methoxy groups -OCH3 is 1. The first-order chi connectivity index (χ1) is 8.22. The number of hydrogen-bond donors (Lipinski definition) is 1. The third-order valence-electron chi connectivity index (χ3n) is 2.93. The molecule has 0 bridgehead atoms. The smallest absolute Gasteiger partial charge is 0.0766 e. The molecule has 0 spiro atoms. The largest absolute Gasteiger partial charge is 0.379 e. The molecule has 0 aromatic carbocycles. The zero-order chi connectivity index (χ0) is 12.7. The molecule has 1 aromatic heterocycles. The zero-order valence-corrected chi connectivity index (χ0v) is 11.4. The van der Waals surface area contributed by atoms with Gasteiger partial charge in [0.25, 0.3) is 0 Å². The van der Waals surface area contributed by atoms with Crippen LogP contribution in [0.4, 0.5) is 0 Å². The second-order valence-electron chi connectivity index (χ2n) is 4.39. The van der Waals surface area contributed by atoms with Crippen LogP contribution in [0.2, 0.25) is 0 Å². The van der Waals surface area contributed by atoms with Crippen LogP contribution >= 0.6 is 0 Å². The van der Waals surface area contributed by atoms with Gasteiger partial charge in [0.15, 0.2) is 0 Å². The van der Waals surface area contributed by atoms with Gasteiger partial charge in [-0.2, -0.15) is 0 Å². The molecule has 3 nitrogen and oxygen atoms in total. The van der Waals surface area contributed by atoms with Gasteiger partial charge >= 0.3 is 0 Å². The molecule has 0 fully saturated rings. The van der Waals surface area contributed by atoms with Gasteiger partial charge in [-0.3, -0.25) is 4.98 Å². The fraction of sp³-hybridized carbons (Fsp3) is 0.643. The minimum absolute atomic E-state index is 0.212. The molecular weight excluding hydrogens is 212 g/mol. The van der Waals surface area contributed by atoms with Crippen molar-refractivity contribution in [2.45, 2.75) is 45.8 Å². The molecule has 1 aromatic rings. The van der Waals surface area contributed by atoms with Crippen LogP contribution in [0.1, 0.15) is 43.9 Å². The highest BCUT2D eigenvalue weighted by Crippen LogP contribution is 2.22.